The average Bonchev–Trinajstić information content (AvgIpc) is 2.49. The summed E-state index contributed by atoms with van der Waals surface area (Å²) in [4.78, 5) is 11.9. The van der Waals surface area contributed by atoms with E-state index in [1.807, 2.05) is 6.07 Å². The Bertz CT molecular complexity index is 856. The zero-order valence-corrected chi connectivity index (χ0v) is 13.6. The molecule has 2 aromatic rings. The first-order chi connectivity index (χ1) is 10.9. The number of amides is 1. The van der Waals surface area contributed by atoms with Gasteiger partial charge in [-0.1, -0.05) is 29.8 Å². The monoisotopic (exact) mass is 348 g/mol. The molecule has 0 bridgehead atoms. The quantitative estimate of drug-likeness (QED) is 0.900. The number of carbonyl (C=O) groups is 1. The highest BCUT2D eigenvalue weighted by atomic mass is 35.5. The summed E-state index contributed by atoms with van der Waals surface area (Å²) in [5.41, 5.74) is 1.13. The number of halogens is 1. The Balaban J connectivity index is 2.04. The van der Waals surface area contributed by atoms with E-state index in [2.05, 4.69) is 5.32 Å². The first-order valence-corrected chi connectivity index (χ1v) is 8.83. The molecule has 0 spiro atoms. The van der Waals surface area contributed by atoms with Gasteiger partial charge < -0.3 is 5.32 Å². The highest BCUT2D eigenvalue weighted by Gasteiger charge is 2.19. The third-order valence-electron chi connectivity index (χ3n) is 2.99. The molecule has 0 fully saturated rings. The fourth-order valence-corrected chi connectivity index (χ4v) is 3.40. The molecule has 0 heterocycles. The van der Waals surface area contributed by atoms with Crippen molar-refractivity contribution in [3.05, 3.63) is 64.7 Å². The Morgan fingerprint density at radius 2 is 1.78 bits per heavy atom. The standard InChI is InChI=1S/C16H13ClN2O3S/c17-14-5-7-15(8-6-14)19-16(20)11-23(21,22)10-13-4-2-1-3-12(13)9-18/h1-8H,10-11H2,(H,19,20). The second kappa shape index (κ2) is 7.27. The molecule has 0 radical (unpaired) electrons. The summed E-state index contributed by atoms with van der Waals surface area (Å²) >= 11 is 5.74. The van der Waals surface area contributed by atoms with Gasteiger partial charge in [-0.05, 0) is 35.9 Å². The lowest BCUT2D eigenvalue weighted by molar-refractivity contribution is -0.113. The summed E-state index contributed by atoms with van der Waals surface area (Å²) in [5.74, 6) is -1.65. The van der Waals surface area contributed by atoms with E-state index in [-0.39, 0.29) is 11.3 Å². The van der Waals surface area contributed by atoms with Crippen LogP contribution in [0.3, 0.4) is 0 Å². The summed E-state index contributed by atoms with van der Waals surface area (Å²) < 4.78 is 24.3. The van der Waals surface area contributed by atoms with Gasteiger partial charge in [0.15, 0.2) is 9.84 Å². The largest absolute Gasteiger partial charge is 0.325 e. The Hall–Kier alpha value is -2.36. The molecule has 0 saturated carbocycles. The lowest BCUT2D eigenvalue weighted by Crippen LogP contribution is -2.24. The van der Waals surface area contributed by atoms with Crippen LogP contribution in [0, 0.1) is 11.3 Å². The van der Waals surface area contributed by atoms with Crippen LogP contribution in [0.2, 0.25) is 5.02 Å². The minimum absolute atomic E-state index is 0.286. The topological polar surface area (TPSA) is 87.0 Å². The van der Waals surface area contributed by atoms with Gasteiger partial charge in [-0.25, -0.2) is 8.42 Å². The third kappa shape index (κ3) is 5.09. The molecule has 1 amide bonds. The molecule has 0 aliphatic heterocycles. The van der Waals surface area contributed by atoms with Crippen molar-refractivity contribution in [2.24, 2.45) is 0 Å². The van der Waals surface area contributed by atoms with E-state index in [0.717, 1.165) is 0 Å². The maximum Gasteiger partial charge on any atom is 0.239 e. The Labute approximate surface area is 139 Å². The van der Waals surface area contributed by atoms with E-state index in [9.17, 15) is 13.2 Å². The fraction of sp³-hybridized carbons (Fsp3) is 0.125. The summed E-state index contributed by atoms with van der Waals surface area (Å²) in [7, 11) is -3.68. The molecule has 0 aliphatic rings. The van der Waals surface area contributed by atoms with Crippen LogP contribution in [0.1, 0.15) is 11.1 Å². The number of anilines is 1. The fourth-order valence-electron chi connectivity index (χ4n) is 1.97. The first kappa shape index (κ1) is 17.0. The van der Waals surface area contributed by atoms with Gasteiger partial charge >= 0.3 is 0 Å². The lowest BCUT2D eigenvalue weighted by atomic mass is 10.1. The van der Waals surface area contributed by atoms with Crippen LogP contribution in [-0.2, 0) is 20.4 Å². The SMILES string of the molecule is N#Cc1ccccc1CS(=O)(=O)CC(=O)Nc1ccc(Cl)cc1. The van der Waals surface area contributed by atoms with E-state index in [4.69, 9.17) is 16.9 Å². The highest BCUT2D eigenvalue weighted by molar-refractivity contribution is 7.91. The minimum Gasteiger partial charge on any atom is -0.325 e. The van der Waals surface area contributed by atoms with Crippen molar-refractivity contribution in [1.82, 2.24) is 0 Å². The van der Waals surface area contributed by atoms with Crippen molar-refractivity contribution in [1.29, 1.82) is 5.26 Å². The van der Waals surface area contributed by atoms with Gasteiger partial charge in [0.05, 0.1) is 17.4 Å². The number of benzene rings is 2. The maximum absolute atomic E-state index is 12.1. The number of sulfone groups is 1. The third-order valence-corrected chi connectivity index (χ3v) is 4.70. The van der Waals surface area contributed by atoms with Crippen LogP contribution in [0.15, 0.2) is 48.5 Å². The molecule has 0 atom stereocenters. The molecular weight excluding hydrogens is 336 g/mol. The number of nitriles is 1. The van der Waals surface area contributed by atoms with Crippen LogP contribution in [-0.4, -0.2) is 20.1 Å². The van der Waals surface area contributed by atoms with Crippen LogP contribution in [0.4, 0.5) is 5.69 Å². The van der Waals surface area contributed by atoms with E-state index >= 15 is 0 Å². The van der Waals surface area contributed by atoms with E-state index in [1.54, 1.807) is 48.5 Å². The summed E-state index contributed by atoms with van der Waals surface area (Å²) in [6.07, 6.45) is 0. The smallest absolute Gasteiger partial charge is 0.239 e. The first-order valence-electron chi connectivity index (χ1n) is 6.63. The molecule has 0 aromatic heterocycles. The summed E-state index contributed by atoms with van der Waals surface area (Å²) in [6.45, 7) is 0. The molecule has 7 heteroatoms. The molecule has 2 rings (SSSR count). The van der Waals surface area contributed by atoms with Gasteiger partial charge in [-0.15, -0.1) is 0 Å². The minimum atomic E-state index is -3.68. The van der Waals surface area contributed by atoms with Gasteiger partial charge in [-0.3, -0.25) is 4.79 Å². The molecule has 2 aromatic carbocycles. The van der Waals surface area contributed by atoms with Crippen LogP contribution in [0.5, 0.6) is 0 Å². The van der Waals surface area contributed by atoms with Crippen molar-refractivity contribution < 1.29 is 13.2 Å². The van der Waals surface area contributed by atoms with Gasteiger partial charge in [0, 0.05) is 10.7 Å². The van der Waals surface area contributed by atoms with Crippen LogP contribution < -0.4 is 5.32 Å². The lowest BCUT2D eigenvalue weighted by Gasteiger charge is -2.07. The predicted octanol–water partition coefficient (Wildman–Crippen LogP) is 2.77. The molecule has 118 valence electrons. The normalized spacial score (nSPS) is 10.8. The van der Waals surface area contributed by atoms with Gasteiger partial charge in [0.2, 0.25) is 5.91 Å². The van der Waals surface area contributed by atoms with Crippen molar-refractivity contribution in [3.8, 4) is 6.07 Å². The molecular formula is C16H13ClN2O3S. The molecule has 0 saturated heterocycles. The van der Waals surface area contributed by atoms with Gasteiger partial charge in [0.1, 0.15) is 5.75 Å². The maximum atomic E-state index is 12.1. The second-order valence-corrected chi connectivity index (χ2v) is 7.36. The van der Waals surface area contributed by atoms with E-state index < -0.39 is 21.5 Å². The second-order valence-electron chi connectivity index (χ2n) is 4.86. The molecule has 1 N–H and O–H groups in total. The van der Waals surface area contributed by atoms with Gasteiger partial charge in [-0.2, -0.15) is 5.26 Å². The number of nitrogens with zero attached hydrogens (tertiary/aromatic N) is 1. The summed E-state index contributed by atoms with van der Waals surface area (Å²) in [6, 6.07) is 14.7. The van der Waals surface area contributed by atoms with Crippen molar-refractivity contribution in [3.63, 3.8) is 0 Å². The zero-order valence-electron chi connectivity index (χ0n) is 12.0. The molecule has 0 unspecified atom stereocenters. The molecule has 23 heavy (non-hydrogen) atoms. The Morgan fingerprint density at radius 1 is 1.13 bits per heavy atom. The summed E-state index contributed by atoms with van der Waals surface area (Å²) in [5, 5.41) is 12.0. The van der Waals surface area contributed by atoms with Crippen molar-refractivity contribution in [2.45, 2.75) is 5.75 Å². The number of carbonyl (C=O) groups excluding carboxylic acids is 1. The van der Waals surface area contributed by atoms with Crippen molar-refractivity contribution in [2.75, 3.05) is 11.1 Å². The molecule has 5 nitrogen and oxygen atoms in total. The van der Waals surface area contributed by atoms with E-state index in [1.165, 1.54) is 0 Å². The average molecular weight is 349 g/mol. The van der Waals surface area contributed by atoms with Gasteiger partial charge in [0.25, 0.3) is 0 Å². The molecule has 0 aliphatic carbocycles. The Kier molecular flexibility index (Phi) is 5.37. The van der Waals surface area contributed by atoms with Crippen LogP contribution >= 0.6 is 11.6 Å². The number of hydrogen-bond donors (Lipinski definition) is 1. The number of nitrogens with one attached hydrogen (secondary N) is 1. The highest BCUT2D eigenvalue weighted by Crippen LogP contribution is 2.15. The Morgan fingerprint density at radius 3 is 2.43 bits per heavy atom. The predicted molar refractivity (Wildman–Crippen MR) is 88.7 cm³/mol. The number of hydrogen-bond acceptors (Lipinski definition) is 4. The number of rotatable bonds is 5. The van der Waals surface area contributed by atoms with E-state index in [0.29, 0.717) is 16.3 Å². The zero-order chi connectivity index (χ0) is 16.9. The van der Waals surface area contributed by atoms with Crippen molar-refractivity contribution >= 4 is 33.0 Å². The van der Waals surface area contributed by atoms with Crippen LogP contribution in [0.25, 0.3) is 0 Å².